The molecule has 0 spiro atoms. The molecule has 0 aromatic carbocycles. The highest BCUT2D eigenvalue weighted by Crippen LogP contribution is 2.17. The van der Waals surface area contributed by atoms with Crippen LogP contribution in [0, 0.1) is 0 Å². The molecule has 2 amide bonds. The van der Waals surface area contributed by atoms with Gasteiger partial charge in [-0.05, 0) is 19.8 Å². The molecule has 1 aliphatic rings. The number of aliphatic carboxylic acids is 1. The second-order valence-electron chi connectivity index (χ2n) is 4.41. The zero-order valence-electron chi connectivity index (χ0n) is 10.2. The van der Waals surface area contributed by atoms with E-state index in [1.54, 1.807) is 6.92 Å². The maximum absolute atomic E-state index is 11.8. The number of nitrogens with two attached hydrogens (primary N) is 1. The van der Waals surface area contributed by atoms with Crippen LogP contribution in [0.1, 0.15) is 32.6 Å². The van der Waals surface area contributed by atoms with E-state index in [4.69, 9.17) is 10.8 Å². The van der Waals surface area contributed by atoms with Gasteiger partial charge in [0.15, 0.2) is 0 Å². The predicted octanol–water partition coefficient (Wildman–Crippen LogP) is 0.372. The number of urea groups is 1. The number of hydrogen-bond acceptors (Lipinski definition) is 3. The van der Waals surface area contributed by atoms with Crippen molar-refractivity contribution in [1.29, 1.82) is 0 Å². The molecule has 1 aliphatic carbocycles. The Hall–Kier alpha value is -1.30. The Morgan fingerprint density at radius 2 is 2.06 bits per heavy atom. The zero-order valence-corrected chi connectivity index (χ0v) is 10.2. The molecule has 1 saturated carbocycles. The minimum absolute atomic E-state index is 0.0174. The van der Waals surface area contributed by atoms with Crippen molar-refractivity contribution in [3.8, 4) is 0 Å². The van der Waals surface area contributed by atoms with Crippen LogP contribution in [0.3, 0.4) is 0 Å². The summed E-state index contributed by atoms with van der Waals surface area (Å²) in [5.74, 6) is -1.00. The quantitative estimate of drug-likeness (QED) is 0.664. The van der Waals surface area contributed by atoms with Gasteiger partial charge < -0.3 is 21.1 Å². The van der Waals surface area contributed by atoms with Crippen molar-refractivity contribution in [2.45, 2.75) is 44.7 Å². The second kappa shape index (κ2) is 6.44. The van der Waals surface area contributed by atoms with E-state index < -0.39 is 5.97 Å². The van der Waals surface area contributed by atoms with Gasteiger partial charge in [0.05, 0.1) is 0 Å². The molecule has 98 valence electrons. The van der Waals surface area contributed by atoms with E-state index >= 15 is 0 Å². The van der Waals surface area contributed by atoms with Crippen molar-refractivity contribution in [1.82, 2.24) is 10.2 Å². The number of nitrogens with one attached hydrogen (secondary N) is 1. The molecule has 0 aromatic heterocycles. The summed E-state index contributed by atoms with van der Waals surface area (Å²) in [5, 5.41) is 11.5. The first kappa shape index (κ1) is 13.8. The Balaban J connectivity index is 2.47. The van der Waals surface area contributed by atoms with Crippen LogP contribution in [-0.4, -0.2) is 47.2 Å². The molecule has 0 saturated heterocycles. The standard InChI is InChI=1S/C11H21N3O3/c1-2-14(7-10(15)16)11(17)13-9-6-4-3-5-8(9)12/h8-9H,2-7,12H2,1H3,(H,13,17)(H,15,16). The molecule has 6 nitrogen and oxygen atoms in total. The second-order valence-corrected chi connectivity index (χ2v) is 4.41. The summed E-state index contributed by atoms with van der Waals surface area (Å²) < 4.78 is 0. The van der Waals surface area contributed by atoms with Gasteiger partial charge in [0.2, 0.25) is 0 Å². The lowest BCUT2D eigenvalue weighted by Gasteiger charge is -2.31. The SMILES string of the molecule is CCN(CC(=O)O)C(=O)NC1CCCCC1N. The molecule has 17 heavy (non-hydrogen) atoms. The highest BCUT2D eigenvalue weighted by atomic mass is 16.4. The van der Waals surface area contributed by atoms with E-state index in [0.29, 0.717) is 6.54 Å². The van der Waals surface area contributed by atoms with Crippen LogP contribution in [0.4, 0.5) is 4.79 Å². The molecule has 0 heterocycles. The van der Waals surface area contributed by atoms with Gasteiger partial charge in [-0.15, -0.1) is 0 Å². The third-order valence-corrected chi connectivity index (χ3v) is 3.12. The Morgan fingerprint density at radius 3 is 2.59 bits per heavy atom. The first-order valence-electron chi connectivity index (χ1n) is 6.07. The summed E-state index contributed by atoms with van der Waals surface area (Å²) in [4.78, 5) is 23.7. The molecule has 4 N–H and O–H groups in total. The van der Waals surface area contributed by atoms with E-state index in [0.717, 1.165) is 25.7 Å². The van der Waals surface area contributed by atoms with Crippen LogP contribution in [0.5, 0.6) is 0 Å². The summed E-state index contributed by atoms with van der Waals surface area (Å²) in [6.45, 7) is 1.85. The van der Waals surface area contributed by atoms with E-state index in [-0.39, 0.29) is 24.7 Å². The number of carboxylic acid groups (broad SMARTS) is 1. The van der Waals surface area contributed by atoms with Gasteiger partial charge in [-0.2, -0.15) is 0 Å². The third kappa shape index (κ3) is 4.22. The number of carbonyl (C=O) groups excluding carboxylic acids is 1. The van der Waals surface area contributed by atoms with E-state index in [9.17, 15) is 9.59 Å². The van der Waals surface area contributed by atoms with Crippen LogP contribution in [0.15, 0.2) is 0 Å². The van der Waals surface area contributed by atoms with E-state index in [1.807, 2.05) is 0 Å². The number of carbonyl (C=O) groups is 2. The summed E-state index contributed by atoms with van der Waals surface area (Å²) in [5.41, 5.74) is 5.92. The summed E-state index contributed by atoms with van der Waals surface area (Å²) in [7, 11) is 0. The monoisotopic (exact) mass is 243 g/mol. The summed E-state index contributed by atoms with van der Waals surface area (Å²) in [6.07, 6.45) is 3.94. The lowest BCUT2D eigenvalue weighted by molar-refractivity contribution is -0.137. The molecular weight excluding hydrogens is 222 g/mol. The Kier molecular flexibility index (Phi) is 5.21. The summed E-state index contributed by atoms with van der Waals surface area (Å²) >= 11 is 0. The van der Waals surface area contributed by atoms with Gasteiger partial charge in [0.25, 0.3) is 0 Å². The number of carboxylic acids is 1. The smallest absolute Gasteiger partial charge is 0.323 e. The topological polar surface area (TPSA) is 95.7 Å². The van der Waals surface area contributed by atoms with Crippen LogP contribution < -0.4 is 11.1 Å². The lowest BCUT2D eigenvalue weighted by atomic mass is 9.91. The van der Waals surface area contributed by atoms with Gasteiger partial charge in [0, 0.05) is 18.6 Å². The fourth-order valence-electron chi connectivity index (χ4n) is 2.08. The van der Waals surface area contributed by atoms with Gasteiger partial charge >= 0.3 is 12.0 Å². The van der Waals surface area contributed by atoms with Crippen molar-refractivity contribution in [3.63, 3.8) is 0 Å². The van der Waals surface area contributed by atoms with Crippen LogP contribution in [0.25, 0.3) is 0 Å². The predicted molar refractivity (Wildman–Crippen MR) is 63.6 cm³/mol. The number of amides is 2. The van der Waals surface area contributed by atoms with Crippen molar-refractivity contribution < 1.29 is 14.7 Å². The minimum Gasteiger partial charge on any atom is -0.480 e. The maximum atomic E-state index is 11.8. The van der Waals surface area contributed by atoms with E-state index in [2.05, 4.69) is 5.32 Å². The van der Waals surface area contributed by atoms with Crippen LogP contribution in [-0.2, 0) is 4.79 Å². The molecule has 1 rings (SSSR count). The largest absolute Gasteiger partial charge is 0.480 e. The number of nitrogens with zero attached hydrogens (tertiary/aromatic N) is 1. The molecule has 6 heteroatoms. The third-order valence-electron chi connectivity index (χ3n) is 3.12. The number of hydrogen-bond donors (Lipinski definition) is 3. The van der Waals surface area contributed by atoms with Crippen molar-refractivity contribution >= 4 is 12.0 Å². The first-order chi connectivity index (χ1) is 8.04. The fourth-order valence-corrected chi connectivity index (χ4v) is 2.08. The van der Waals surface area contributed by atoms with Gasteiger partial charge in [-0.25, -0.2) is 4.79 Å². The molecule has 0 aliphatic heterocycles. The maximum Gasteiger partial charge on any atom is 0.323 e. The number of likely N-dealkylation sites (N-methyl/N-ethyl adjacent to an activating group) is 1. The fraction of sp³-hybridized carbons (Fsp3) is 0.818. The molecule has 0 radical (unpaired) electrons. The molecule has 0 aromatic rings. The molecule has 2 atom stereocenters. The zero-order chi connectivity index (χ0) is 12.8. The Bertz CT molecular complexity index is 283. The summed E-state index contributed by atoms with van der Waals surface area (Å²) in [6, 6.07) is -0.382. The molecule has 2 unspecified atom stereocenters. The minimum atomic E-state index is -1.00. The van der Waals surface area contributed by atoms with Crippen molar-refractivity contribution in [3.05, 3.63) is 0 Å². The van der Waals surface area contributed by atoms with Crippen LogP contribution >= 0.6 is 0 Å². The molecular formula is C11H21N3O3. The molecule has 1 fully saturated rings. The first-order valence-corrected chi connectivity index (χ1v) is 6.07. The average molecular weight is 243 g/mol. The highest BCUT2D eigenvalue weighted by molar-refractivity contribution is 5.80. The Labute approximate surface area is 101 Å². The number of rotatable bonds is 4. The Morgan fingerprint density at radius 1 is 1.41 bits per heavy atom. The highest BCUT2D eigenvalue weighted by Gasteiger charge is 2.25. The van der Waals surface area contributed by atoms with Gasteiger partial charge in [-0.3, -0.25) is 4.79 Å². The van der Waals surface area contributed by atoms with E-state index in [1.165, 1.54) is 4.90 Å². The van der Waals surface area contributed by atoms with Crippen molar-refractivity contribution in [2.75, 3.05) is 13.1 Å². The normalized spacial score (nSPS) is 24.1. The van der Waals surface area contributed by atoms with Crippen molar-refractivity contribution in [2.24, 2.45) is 5.73 Å². The van der Waals surface area contributed by atoms with Gasteiger partial charge in [-0.1, -0.05) is 12.8 Å². The van der Waals surface area contributed by atoms with Gasteiger partial charge in [0.1, 0.15) is 6.54 Å². The average Bonchev–Trinajstić information content (AvgIpc) is 2.28. The van der Waals surface area contributed by atoms with Crippen LogP contribution in [0.2, 0.25) is 0 Å². The molecule has 0 bridgehead atoms. The lowest BCUT2D eigenvalue weighted by Crippen LogP contribution is -2.53.